The first kappa shape index (κ1) is 13.9. The molecule has 10 heavy (non-hydrogen) atoms. The van der Waals surface area contributed by atoms with Crippen molar-refractivity contribution in [3.8, 4) is 0 Å². The first-order valence-corrected chi connectivity index (χ1v) is 16.3. The summed E-state index contributed by atoms with van der Waals surface area (Å²) in [5.74, 6) is 0. The van der Waals surface area contributed by atoms with Gasteiger partial charge in [0.2, 0.25) is 0 Å². The van der Waals surface area contributed by atoms with Gasteiger partial charge in [-0.25, -0.2) is 0 Å². The van der Waals surface area contributed by atoms with Crippen molar-refractivity contribution in [3.05, 3.63) is 0 Å². The molecule has 0 heterocycles. The molecule has 6 unspecified atom stereocenters. The van der Waals surface area contributed by atoms with E-state index in [1.54, 1.807) is 0 Å². The Kier molecular flexibility index (Phi) is 9.99. The second kappa shape index (κ2) is 7.20. The van der Waals surface area contributed by atoms with Gasteiger partial charge in [-0.2, -0.15) is 0 Å². The van der Waals surface area contributed by atoms with Crippen LogP contribution in [0.3, 0.4) is 0 Å². The Labute approximate surface area is 80.6 Å². The van der Waals surface area contributed by atoms with E-state index in [2.05, 4.69) is 53.6 Å². The number of hydrogen-bond donors (Lipinski definition) is 0. The summed E-state index contributed by atoms with van der Waals surface area (Å²) >= 11 is 0. The van der Waals surface area contributed by atoms with Crippen molar-refractivity contribution in [1.82, 2.24) is 0 Å². The van der Waals surface area contributed by atoms with Crippen LogP contribution in [0.5, 0.6) is 0 Å². The largest absolute Gasteiger partial charge is 0.106 e. The van der Waals surface area contributed by atoms with E-state index in [0.717, 1.165) is 5.14 Å². The molecular formula is CH13P9. The summed E-state index contributed by atoms with van der Waals surface area (Å²) in [7, 11) is 17.7. The summed E-state index contributed by atoms with van der Waals surface area (Å²) in [6, 6.07) is 0. The van der Waals surface area contributed by atoms with Crippen LogP contribution in [-0.2, 0) is 0 Å². The lowest BCUT2D eigenvalue weighted by Gasteiger charge is -2.27. The summed E-state index contributed by atoms with van der Waals surface area (Å²) in [4.78, 5) is 0. The second-order valence-corrected chi connectivity index (χ2v) is 23.2. The van der Waals surface area contributed by atoms with Crippen LogP contribution in [0.25, 0.3) is 0 Å². The maximum atomic E-state index is 2.92. The molecule has 62 valence electrons. The maximum absolute atomic E-state index is 2.92. The molecule has 0 radical (unpaired) electrons. The monoisotopic (exact) mass is 304 g/mol. The van der Waals surface area contributed by atoms with Crippen molar-refractivity contribution in [3.63, 3.8) is 0 Å². The zero-order valence-corrected chi connectivity index (χ0v) is 15.0. The molecule has 0 aromatic heterocycles. The lowest BCUT2D eigenvalue weighted by Crippen LogP contribution is -1.79. The summed E-state index contributed by atoms with van der Waals surface area (Å²) < 4.78 is 0. The summed E-state index contributed by atoms with van der Waals surface area (Å²) in [5, 5.41) is 0.861. The molecule has 9 heteroatoms. The Morgan fingerprint density at radius 1 is 0.600 bits per heavy atom. The molecule has 0 N–H and O–H groups in total. The Bertz CT molecular complexity index is 65.7. The van der Waals surface area contributed by atoms with Gasteiger partial charge in [-0.15, -0.1) is 53.6 Å². The first-order chi connectivity index (χ1) is 4.46. The highest BCUT2D eigenvalue weighted by atomic mass is 32.5. The lowest BCUT2D eigenvalue weighted by atomic mass is 11.9. The Hall–Kier alpha value is 3.87. The van der Waals surface area contributed by atoms with Crippen molar-refractivity contribution < 1.29 is 0 Å². The van der Waals surface area contributed by atoms with Gasteiger partial charge >= 0.3 is 0 Å². The summed E-state index contributed by atoms with van der Waals surface area (Å²) in [6.45, 7) is 0. The highest BCUT2D eigenvalue weighted by molar-refractivity contribution is 8.62. The molecule has 0 saturated heterocycles. The third-order valence-electron chi connectivity index (χ3n) is 0.800. The topological polar surface area (TPSA) is 0 Å². The fraction of sp³-hybridized carbons (Fsp3) is 1.00. The van der Waals surface area contributed by atoms with Gasteiger partial charge < -0.3 is 0 Å². The molecule has 0 amide bonds. The highest BCUT2D eigenvalue weighted by Crippen LogP contribution is 2.86. The lowest BCUT2D eigenvalue weighted by molar-refractivity contribution is 2.06. The van der Waals surface area contributed by atoms with E-state index in [1.807, 2.05) is 0 Å². The van der Waals surface area contributed by atoms with Gasteiger partial charge in [-0.3, -0.25) is 0 Å². The van der Waals surface area contributed by atoms with Gasteiger partial charge in [-0.1, -0.05) is 21.9 Å². The van der Waals surface area contributed by atoms with E-state index in [1.165, 1.54) is 0 Å². The second-order valence-electron chi connectivity index (χ2n) is 1.69. The quantitative estimate of drug-likeness (QED) is 0.675. The molecule has 0 aromatic rings. The zero-order valence-electron chi connectivity index (χ0n) is 5.38. The van der Waals surface area contributed by atoms with Gasteiger partial charge in [-0.05, 0) is 0 Å². The smallest absolute Gasteiger partial charge is 0.0398 e. The van der Waals surface area contributed by atoms with E-state index in [-0.39, 0.29) is 21.9 Å². The van der Waals surface area contributed by atoms with Crippen molar-refractivity contribution in [2.75, 3.05) is 0 Å². The standard InChI is InChI=1S/CH13P9/c2-8(3)1(9(4)5)10(6)7/h1H,2-7H2. The van der Waals surface area contributed by atoms with Gasteiger partial charge in [0.05, 0.1) is 0 Å². The van der Waals surface area contributed by atoms with Crippen LogP contribution in [0.15, 0.2) is 0 Å². The number of rotatable bonds is 3. The molecular weight excluding hydrogens is 291 g/mol. The van der Waals surface area contributed by atoms with Gasteiger partial charge in [0.1, 0.15) is 0 Å². The molecule has 0 fully saturated rings. The van der Waals surface area contributed by atoms with E-state index in [9.17, 15) is 0 Å². The maximum Gasteiger partial charge on any atom is 0.0398 e. The molecule has 0 nitrogen and oxygen atoms in total. The molecule has 0 aromatic carbocycles. The van der Waals surface area contributed by atoms with Crippen LogP contribution in [0.1, 0.15) is 0 Å². The Morgan fingerprint density at radius 3 is 0.800 bits per heavy atom. The Balaban J connectivity index is 3.98. The Morgan fingerprint density at radius 2 is 0.800 bits per heavy atom. The average molecular weight is 304 g/mol. The van der Waals surface area contributed by atoms with E-state index >= 15 is 0 Å². The highest BCUT2D eigenvalue weighted by Gasteiger charge is 2.21. The zero-order chi connectivity index (χ0) is 8.31. The van der Waals surface area contributed by atoms with Crippen LogP contribution in [0.2, 0.25) is 0 Å². The minimum Gasteiger partial charge on any atom is -0.106 e. The SMILES string of the molecule is PP(P)C(P(P)P)P(P)P. The molecule has 0 aliphatic heterocycles. The molecule has 0 bridgehead atoms. The molecule has 0 rings (SSSR count). The summed E-state index contributed by atoms with van der Waals surface area (Å²) in [6.07, 6.45) is 0. The van der Waals surface area contributed by atoms with Crippen molar-refractivity contribution in [2.24, 2.45) is 0 Å². The normalized spacial score (nSPS) is 12.6. The summed E-state index contributed by atoms with van der Waals surface area (Å²) in [5.41, 5.74) is 0. The molecule has 0 aliphatic rings. The fourth-order valence-corrected chi connectivity index (χ4v) is 37.4. The molecule has 0 saturated carbocycles. The minimum absolute atomic E-state index is 0.0648. The minimum atomic E-state index is 0.0648. The van der Waals surface area contributed by atoms with Crippen LogP contribution >= 0.6 is 75.5 Å². The predicted octanol–water partition coefficient (Wildman–Crippen LogP) is 4.46. The average Bonchev–Trinajstić information content (AvgIpc) is 1.59. The molecule has 6 atom stereocenters. The third kappa shape index (κ3) is 5.57. The molecule has 0 spiro atoms. The van der Waals surface area contributed by atoms with Gasteiger partial charge in [0, 0.05) is 5.14 Å². The number of hydrogen-bond acceptors (Lipinski definition) is 0. The van der Waals surface area contributed by atoms with Gasteiger partial charge in [0.25, 0.3) is 0 Å². The third-order valence-corrected chi connectivity index (χ3v) is 21.6. The van der Waals surface area contributed by atoms with Gasteiger partial charge in [0.15, 0.2) is 0 Å². The van der Waals surface area contributed by atoms with E-state index in [0.29, 0.717) is 0 Å². The molecule has 0 aliphatic carbocycles. The van der Waals surface area contributed by atoms with Crippen molar-refractivity contribution in [1.29, 1.82) is 0 Å². The van der Waals surface area contributed by atoms with Crippen LogP contribution in [0.4, 0.5) is 0 Å². The van der Waals surface area contributed by atoms with Crippen LogP contribution in [-0.4, -0.2) is 5.14 Å². The van der Waals surface area contributed by atoms with E-state index < -0.39 is 0 Å². The van der Waals surface area contributed by atoms with Crippen molar-refractivity contribution >= 4 is 75.5 Å². The fourth-order valence-electron chi connectivity index (χ4n) is 0.462. The van der Waals surface area contributed by atoms with E-state index in [4.69, 9.17) is 0 Å². The first-order valence-electron chi connectivity index (χ1n) is 2.32. The predicted molar refractivity (Wildman–Crippen MR) is 82.8 cm³/mol. The van der Waals surface area contributed by atoms with Crippen molar-refractivity contribution in [2.45, 2.75) is 5.14 Å². The van der Waals surface area contributed by atoms with Crippen LogP contribution < -0.4 is 0 Å². The van der Waals surface area contributed by atoms with Crippen LogP contribution in [0, 0.1) is 0 Å².